The molecule has 0 aliphatic carbocycles. The van der Waals surface area contributed by atoms with Gasteiger partial charge in [0.1, 0.15) is 5.75 Å². The molecule has 3 rings (SSSR count). The average Bonchev–Trinajstić information content (AvgIpc) is 3.03. The summed E-state index contributed by atoms with van der Waals surface area (Å²) < 4.78 is 39.4. The lowest BCUT2D eigenvalue weighted by Gasteiger charge is -2.07. The van der Waals surface area contributed by atoms with Crippen LogP contribution in [-0.2, 0) is 9.53 Å². The van der Waals surface area contributed by atoms with E-state index in [0.29, 0.717) is 0 Å². The summed E-state index contributed by atoms with van der Waals surface area (Å²) in [7, 11) is 1.29. The van der Waals surface area contributed by atoms with Crippen molar-refractivity contribution >= 4 is 23.6 Å². The number of aliphatic imine (C=N–C) groups is 1. The Balaban J connectivity index is 1.97. The highest BCUT2D eigenvalue weighted by molar-refractivity contribution is 6.13. The number of esters is 1. The number of methoxy groups -OCH3 is 1. The molecule has 0 saturated heterocycles. The van der Waals surface area contributed by atoms with Crippen LogP contribution in [0.15, 0.2) is 53.2 Å². The van der Waals surface area contributed by atoms with E-state index >= 15 is 0 Å². The minimum absolute atomic E-state index is 0.0347. The number of carbonyl (C=O) groups is 1. The molecule has 0 bridgehead atoms. The Morgan fingerprint density at radius 2 is 1.96 bits per heavy atom. The first-order valence-corrected chi connectivity index (χ1v) is 7.78. The van der Waals surface area contributed by atoms with Gasteiger partial charge in [0.25, 0.3) is 0 Å². The SMILES string of the molecule is COc1ccc(C2=N/C(=C/c3ccccc3OC(F)F)C(=O)O2)cc1[N+](=O)[O-]. The highest BCUT2D eigenvalue weighted by Gasteiger charge is 2.27. The third kappa shape index (κ3) is 3.95. The van der Waals surface area contributed by atoms with Crippen LogP contribution in [0.1, 0.15) is 11.1 Å². The van der Waals surface area contributed by atoms with Crippen molar-refractivity contribution in [1.82, 2.24) is 0 Å². The molecule has 144 valence electrons. The Bertz CT molecular complexity index is 1000. The highest BCUT2D eigenvalue weighted by Crippen LogP contribution is 2.30. The third-order valence-electron chi connectivity index (χ3n) is 3.67. The summed E-state index contributed by atoms with van der Waals surface area (Å²) in [6.45, 7) is -3.03. The number of ether oxygens (including phenoxy) is 3. The summed E-state index contributed by atoms with van der Waals surface area (Å²) in [5, 5.41) is 11.1. The Kier molecular flexibility index (Phi) is 5.30. The molecule has 0 N–H and O–H groups in total. The molecule has 1 heterocycles. The monoisotopic (exact) mass is 390 g/mol. The molecule has 28 heavy (non-hydrogen) atoms. The second kappa shape index (κ2) is 7.82. The van der Waals surface area contributed by atoms with Crippen LogP contribution in [0.25, 0.3) is 6.08 Å². The lowest BCUT2D eigenvalue weighted by atomic mass is 10.1. The maximum absolute atomic E-state index is 12.5. The quantitative estimate of drug-likeness (QED) is 0.324. The topological polar surface area (TPSA) is 100 Å². The van der Waals surface area contributed by atoms with Crippen LogP contribution in [0, 0.1) is 10.1 Å². The zero-order chi connectivity index (χ0) is 20.3. The van der Waals surface area contributed by atoms with Gasteiger partial charge < -0.3 is 14.2 Å². The Hall–Kier alpha value is -3.82. The standard InChI is InChI=1S/C18H12F2N2O6/c1-26-15-7-6-11(9-13(15)22(24)25)16-21-12(17(23)28-16)8-10-4-2-3-5-14(10)27-18(19)20/h2-9,18H,1H3/b12-8+. The zero-order valence-corrected chi connectivity index (χ0v) is 14.3. The van der Waals surface area contributed by atoms with Crippen molar-refractivity contribution in [3.63, 3.8) is 0 Å². The summed E-state index contributed by atoms with van der Waals surface area (Å²) >= 11 is 0. The number of nitrogens with zero attached hydrogens (tertiary/aromatic N) is 2. The van der Waals surface area contributed by atoms with Crippen LogP contribution in [0.3, 0.4) is 0 Å². The number of alkyl halides is 2. The maximum atomic E-state index is 12.5. The first-order valence-electron chi connectivity index (χ1n) is 7.78. The van der Waals surface area contributed by atoms with Crippen LogP contribution in [0.5, 0.6) is 11.5 Å². The minimum Gasteiger partial charge on any atom is -0.490 e. The van der Waals surface area contributed by atoms with Crippen molar-refractivity contribution in [3.8, 4) is 11.5 Å². The average molecular weight is 390 g/mol. The third-order valence-corrected chi connectivity index (χ3v) is 3.67. The van der Waals surface area contributed by atoms with Crippen LogP contribution in [-0.4, -0.2) is 30.5 Å². The van der Waals surface area contributed by atoms with Gasteiger partial charge >= 0.3 is 18.3 Å². The lowest BCUT2D eigenvalue weighted by molar-refractivity contribution is -0.385. The van der Waals surface area contributed by atoms with Crippen molar-refractivity contribution in [3.05, 3.63) is 69.4 Å². The number of carbonyl (C=O) groups excluding carboxylic acids is 1. The first-order chi connectivity index (χ1) is 13.4. The molecule has 0 amide bonds. The van der Waals surface area contributed by atoms with Gasteiger partial charge in [0.2, 0.25) is 5.90 Å². The minimum atomic E-state index is -3.03. The molecule has 0 radical (unpaired) electrons. The lowest BCUT2D eigenvalue weighted by Crippen LogP contribution is -2.06. The van der Waals surface area contributed by atoms with Gasteiger partial charge in [-0.3, -0.25) is 10.1 Å². The number of para-hydroxylation sites is 1. The van der Waals surface area contributed by atoms with Gasteiger partial charge in [-0.15, -0.1) is 0 Å². The molecular formula is C18H12F2N2O6. The molecule has 2 aromatic carbocycles. The van der Waals surface area contributed by atoms with E-state index < -0.39 is 17.5 Å². The smallest absolute Gasteiger partial charge is 0.387 e. The van der Waals surface area contributed by atoms with Crippen LogP contribution < -0.4 is 9.47 Å². The Morgan fingerprint density at radius 3 is 2.64 bits per heavy atom. The molecule has 1 aliphatic heterocycles. The van der Waals surface area contributed by atoms with Crippen molar-refractivity contribution in [1.29, 1.82) is 0 Å². The normalized spacial score (nSPS) is 14.8. The molecule has 1 aliphatic rings. The zero-order valence-electron chi connectivity index (χ0n) is 14.3. The van der Waals surface area contributed by atoms with Crippen molar-refractivity contribution in [2.24, 2.45) is 4.99 Å². The summed E-state index contributed by atoms with van der Waals surface area (Å²) in [6.07, 6.45) is 1.23. The van der Waals surface area contributed by atoms with E-state index in [9.17, 15) is 23.7 Å². The number of hydrogen-bond acceptors (Lipinski definition) is 7. The van der Waals surface area contributed by atoms with E-state index in [0.717, 1.165) is 6.07 Å². The van der Waals surface area contributed by atoms with E-state index in [-0.39, 0.29) is 39.9 Å². The van der Waals surface area contributed by atoms with Gasteiger partial charge in [0, 0.05) is 17.2 Å². The molecule has 2 aromatic rings. The van der Waals surface area contributed by atoms with E-state index in [4.69, 9.17) is 9.47 Å². The molecule has 0 unspecified atom stereocenters. The number of hydrogen-bond donors (Lipinski definition) is 0. The first kappa shape index (κ1) is 19.0. The molecule has 0 atom stereocenters. The second-order valence-corrected chi connectivity index (χ2v) is 5.40. The van der Waals surface area contributed by atoms with E-state index in [1.54, 1.807) is 6.07 Å². The number of nitro benzene ring substituents is 1. The van der Waals surface area contributed by atoms with Crippen molar-refractivity contribution in [2.75, 3.05) is 7.11 Å². The highest BCUT2D eigenvalue weighted by atomic mass is 19.3. The van der Waals surface area contributed by atoms with E-state index in [1.807, 2.05) is 0 Å². The van der Waals surface area contributed by atoms with Crippen molar-refractivity contribution in [2.45, 2.75) is 6.61 Å². The molecular weight excluding hydrogens is 378 g/mol. The fraction of sp³-hybridized carbons (Fsp3) is 0.111. The van der Waals surface area contributed by atoms with Crippen molar-refractivity contribution < 1.29 is 32.7 Å². The molecule has 0 saturated carbocycles. The largest absolute Gasteiger partial charge is 0.490 e. The number of benzene rings is 2. The predicted octanol–water partition coefficient (Wildman–Crippen LogP) is 3.55. The second-order valence-electron chi connectivity index (χ2n) is 5.40. The van der Waals surface area contributed by atoms with Gasteiger partial charge in [0.05, 0.1) is 12.0 Å². The van der Waals surface area contributed by atoms with Crippen LogP contribution in [0.4, 0.5) is 14.5 Å². The number of rotatable bonds is 6. The summed E-state index contributed by atoms with van der Waals surface area (Å²) in [6, 6.07) is 9.79. The molecule has 8 nitrogen and oxygen atoms in total. The van der Waals surface area contributed by atoms with Gasteiger partial charge in [-0.25, -0.2) is 9.79 Å². The number of cyclic esters (lactones) is 1. The van der Waals surface area contributed by atoms with E-state index in [2.05, 4.69) is 9.73 Å². The van der Waals surface area contributed by atoms with Crippen LogP contribution >= 0.6 is 0 Å². The fourth-order valence-corrected chi connectivity index (χ4v) is 2.45. The van der Waals surface area contributed by atoms with Gasteiger partial charge in [-0.1, -0.05) is 18.2 Å². The Morgan fingerprint density at radius 1 is 1.21 bits per heavy atom. The predicted molar refractivity (Wildman–Crippen MR) is 93.3 cm³/mol. The molecule has 0 spiro atoms. The number of nitro groups is 1. The molecule has 10 heteroatoms. The molecule has 0 fully saturated rings. The van der Waals surface area contributed by atoms with Crippen LogP contribution in [0.2, 0.25) is 0 Å². The molecule has 0 aromatic heterocycles. The summed E-state index contributed by atoms with van der Waals surface area (Å²) in [5.41, 5.74) is -0.118. The van der Waals surface area contributed by atoms with E-state index in [1.165, 1.54) is 43.5 Å². The fourth-order valence-electron chi connectivity index (χ4n) is 2.45. The van der Waals surface area contributed by atoms with Gasteiger partial charge in [0.15, 0.2) is 11.4 Å². The summed E-state index contributed by atoms with van der Waals surface area (Å²) in [4.78, 5) is 26.6. The Labute approximate surface area is 156 Å². The maximum Gasteiger partial charge on any atom is 0.387 e. The van der Waals surface area contributed by atoms with Gasteiger partial charge in [-0.05, 0) is 24.3 Å². The van der Waals surface area contributed by atoms with Gasteiger partial charge in [-0.2, -0.15) is 8.78 Å². The summed E-state index contributed by atoms with van der Waals surface area (Å²) in [5.74, 6) is -1.09. The number of halogens is 2.